The number of anilines is 2. The van der Waals surface area contributed by atoms with Crippen molar-refractivity contribution in [2.24, 2.45) is 0 Å². The number of nitrogens with zero attached hydrogens (tertiary/aromatic N) is 3. The Morgan fingerprint density at radius 1 is 1.26 bits per heavy atom. The molecule has 3 rings (SSSR count). The average Bonchev–Trinajstić information content (AvgIpc) is 2.94. The number of hydrogen-bond acceptors (Lipinski definition) is 6. The Morgan fingerprint density at radius 3 is 2.57 bits per heavy atom. The third-order valence-electron chi connectivity index (χ3n) is 3.84. The first kappa shape index (κ1) is 15.4. The normalized spacial score (nSPS) is 15.6. The number of aromatic nitrogens is 1. The van der Waals surface area contributed by atoms with Crippen LogP contribution in [0.15, 0.2) is 34.9 Å². The summed E-state index contributed by atoms with van der Waals surface area (Å²) in [6.07, 6.45) is 0. The molecule has 7 nitrogen and oxygen atoms in total. The van der Waals surface area contributed by atoms with E-state index < -0.39 is 0 Å². The zero-order valence-electron chi connectivity index (χ0n) is 13.0. The maximum Gasteiger partial charge on any atom is 0.240 e. The second kappa shape index (κ2) is 6.70. The first-order chi connectivity index (χ1) is 11.1. The predicted octanol–water partition coefficient (Wildman–Crippen LogP) is 1.45. The number of nitrogens with one attached hydrogen (secondary N) is 1. The Morgan fingerprint density at radius 2 is 1.96 bits per heavy atom. The number of phenolic OH excluding ortho intramolecular Hbond substituents is 1. The van der Waals surface area contributed by atoms with Gasteiger partial charge in [0.2, 0.25) is 11.8 Å². The molecular weight excluding hydrogens is 296 g/mol. The van der Waals surface area contributed by atoms with Gasteiger partial charge in [-0.3, -0.25) is 15.0 Å². The van der Waals surface area contributed by atoms with Crippen molar-refractivity contribution in [1.29, 1.82) is 0 Å². The minimum Gasteiger partial charge on any atom is -0.508 e. The Kier molecular flexibility index (Phi) is 4.47. The minimum atomic E-state index is -0.0979. The molecule has 1 aromatic carbocycles. The number of aromatic hydroxyl groups is 1. The Bertz CT molecular complexity index is 660. The molecule has 1 amide bonds. The highest BCUT2D eigenvalue weighted by atomic mass is 16.5. The van der Waals surface area contributed by atoms with Crippen molar-refractivity contribution in [3.63, 3.8) is 0 Å². The van der Waals surface area contributed by atoms with Crippen molar-refractivity contribution in [2.45, 2.75) is 6.92 Å². The van der Waals surface area contributed by atoms with E-state index in [2.05, 4.69) is 20.3 Å². The van der Waals surface area contributed by atoms with Crippen LogP contribution < -0.4 is 10.2 Å². The number of carbonyl (C=O) groups is 1. The van der Waals surface area contributed by atoms with E-state index >= 15 is 0 Å². The van der Waals surface area contributed by atoms with E-state index in [1.807, 2.05) is 19.1 Å². The average molecular weight is 316 g/mol. The maximum absolute atomic E-state index is 12.0. The predicted molar refractivity (Wildman–Crippen MR) is 86.6 cm³/mol. The van der Waals surface area contributed by atoms with Crippen LogP contribution >= 0.6 is 0 Å². The summed E-state index contributed by atoms with van der Waals surface area (Å²) in [7, 11) is 0. The maximum atomic E-state index is 12.0. The van der Waals surface area contributed by atoms with Gasteiger partial charge in [0, 0.05) is 37.9 Å². The molecule has 1 aromatic heterocycles. The number of piperazine rings is 1. The molecule has 0 atom stereocenters. The lowest BCUT2D eigenvalue weighted by molar-refractivity contribution is -0.117. The molecule has 1 aliphatic rings. The lowest BCUT2D eigenvalue weighted by Crippen LogP contribution is -2.48. The van der Waals surface area contributed by atoms with Crippen LogP contribution in [0.1, 0.15) is 5.69 Å². The number of amides is 1. The van der Waals surface area contributed by atoms with E-state index in [1.54, 1.807) is 18.2 Å². The second-order valence-corrected chi connectivity index (χ2v) is 5.66. The molecule has 23 heavy (non-hydrogen) atoms. The van der Waals surface area contributed by atoms with Gasteiger partial charge in [-0.2, -0.15) is 0 Å². The van der Waals surface area contributed by atoms with Crippen molar-refractivity contribution in [1.82, 2.24) is 10.1 Å². The highest BCUT2D eigenvalue weighted by Crippen LogP contribution is 2.19. The summed E-state index contributed by atoms with van der Waals surface area (Å²) in [5, 5.41) is 15.8. The van der Waals surface area contributed by atoms with Crippen LogP contribution in [0.4, 0.5) is 11.6 Å². The van der Waals surface area contributed by atoms with Crippen molar-refractivity contribution >= 4 is 17.5 Å². The van der Waals surface area contributed by atoms with Crippen LogP contribution in [0.3, 0.4) is 0 Å². The van der Waals surface area contributed by atoms with Crippen LogP contribution in [0.25, 0.3) is 0 Å². The fourth-order valence-electron chi connectivity index (χ4n) is 2.63. The molecule has 0 bridgehead atoms. The summed E-state index contributed by atoms with van der Waals surface area (Å²) >= 11 is 0. The largest absolute Gasteiger partial charge is 0.508 e. The molecule has 2 aromatic rings. The summed E-state index contributed by atoms with van der Waals surface area (Å²) in [4.78, 5) is 16.3. The van der Waals surface area contributed by atoms with E-state index in [1.165, 1.54) is 0 Å². The standard InChI is InChI=1S/C16H20N4O3/c1-12-10-16(23-18-12)17-15(22)11-19-6-8-20(9-7-19)13-2-4-14(21)5-3-13/h2-5,10,21H,6-9,11H2,1H3,(H,17,22). The molecule has 2 N–H and O–H groups in total. The van der Waals surface area contributed by atoms with E-state index in [-0.39, 0.29) is 11.7 Å². The molecule has 1 fully saturated rings. The lowest BCUT2D eigenvalue weighted by atomic mass is 10.2. The van der Waals surface area contributed by atoms with Gasteiger partial charge >= 0.3 is 0 Å². The van der Waals surface area contributed by atoms with Gasteiger partial charge in [0.05, 0.1) is 12.2 Å². The second-order valence-electron chi connectivity index (χ2n) is 5.66. The van der Waals surface area contributed by atoms with Crippen molar-refractivity contribution in [3.05, 3.63) is 36.0 Å². The van der Waals surface area contributed by atoms with Crippen molar-refractivity contribution in [3.8, 4) is 5.75 Å². The van der Waals surface area contributed by atoms with Gasteiger partial charge in [-0.15, -0.1) is 0 Å². The van der Waals surface area contributed by atoms with Crippen molar-refractivity contribution in [2.75, 3.05) is 42.9 Å². The van der Waals surface area contributed by atoms with Gasteiger partial charge in [0.25, 0.3) is 0 Å². The summed E-state index contributed by atoms with van der Waals surface area (Å²) in [5.74, 6) is 0.557. The third-order valence-corrected chi connectivity index (χ3v) is 3.84. The fourth-order valence-corrected chi connectivity index (χ4v) is 2.63. The molecule has 1 aliphatic heterocycles. The highest BCUT2D eigenvalue weighted by Gasteiger charge is 2.19. The Balaban J connectivity index is 1.47. The van der Waals surface area contributed by atoms with Crippen molar-refractivity contribution < 1.29 is 14.4 Å². The monoisotopic (exact) mass is 316 g/mol. The van der Waals surface area contributed by atoms with Gasteiger partial charge in [0.1, 0.15) is 5.75 Å². The molecule has 0 saturated carbocycles. The van der Waals surface area contributed by atoms with Gasteiger partial charge in [-0.05, 0) is 31.2 Å². The zero-order valence-corrected chi connectivity index (χ0v) is 13.0. The molecule has 2 heterocycles. The Labute approximate surface area is 134 Å². The summed E-state index contributed by atoms with van der Waals surface area (Å²) in [6, 6.07) is 8.89. The van der Waals surface area contributed by atoms with Crippen LogP contribution in [0, 0.1) is 6.92 Å². The van der Waals surface area contributed by atoms with Gasteiger partial charge < -0.3 is 14.5 Å². The van der Waals surface area contributed by atoms with Gasteiger partial charge in [-0.25, -0.2) is 0 Å². The zero-order chi connectivity index (χ0) is 16.2. The van der Waals surface area contributed by atoms with Gasteiger partial charge in [-0.1, -0.05) is 5.16 Å². The first-order valence-corrected chi connectivity index (χ1v) is 7.60. The quantitative estimate of drug-likeness (QED) is 0.888. The molecule has 0 radical (unpaired) electrons. The highest BCUT2D eigenvalue weighted by molar-refractivity contribution is 5.90. The molecule has 122 valence electrons. The molecule has 0 aliphatic carbocycles. The lowest BCUT2D eigenvalue weighted by Gasteiger charge is -2.35. The van der Waals surface area contributed by atoms with Crippen LogP contribution in [-0.4, -0.2) is 53.8 Å². The van der Waals surface area contributed by atoms with Crippen LogP contribution in [0.2, 0.25) is 0 Å². The number of benzene rings is 1. The van der Waals surface area contributed by atoms with E-state index in [4.69, 9.17) is 4.52 Å². The number of carbonyl (C=O) groups excluding carboxylic acids is 1. The van der Waals surface area contributed by atoms with Crippen LogP contribution in [-0.2, 0) is 4.79 Å². The number of phenols is 1. The Hall–Kier alpha value is -2.54. The first-order valence-electron chi connectivity index (χ1n) is 7.60. The number of hydrogen-bond donors (Lipinski definition) is 2. The molecule has 7 heteroatoms. The summed E-state index contributed by atoms with van der Waals surface area (Å²) in [5.41, 5.74) is 1.83. The molecule has 1 saturated heterocycles. The number of aryl methyl sites for hydroxylation is 1. The molecular formula is C16H20N4O3. The number of rotatable bonds is 4. The van der Waals surface area contributed by atoms with E-state index in [0.29, 0.717) is 12.4 Å². The van der Waals surface area contributed by atoms with E-state index in [9.17, 15) is 9.90 Å². The fraction of sp³-hybridized carbons (Fsp3) is 0.375. The smallest absolute Gasteiger partial charge is 0.240 e. The summed E-state index contributed by atoms with van der Waals surface area (Å²) in [6.45, 7) is 5.46. The van der Waals surface area contributed by atoms with Crippen LogP contribution in [0.5, 0.6) is 5.75 Å². The third kappa shape index (κ3) is 4.01. The van der Waals surface area contributed by atoms with E-state index in [0.717, 1.165) is 37.6 Å². The SMILES string of the molecule is Cc1cc(NC(=O)CN2CCN(c3ccc(O)cc3)CC2)on1. The van der Waals surface area contributed by atoms with Gasteiger partial charge in [0.15, 0.2) is 0 Å². The molecule has 0 spiro atoms. The topological polar surface area (TPSA) is 81.8 Å². The summed E-state index contributed by atoms with van der Waals surface area (Å²) < 4.78 is 4.98. The minimum absolute atomic E-state index is 0.0979. The molecule has 0 unspecified atom stereocenters.